The molecule has 2 aromatic rings. The number of hydrogen-bond donors (Lipinski definition) is 1. The molecule has 4 nitrogen and oxygen atoms in total. The van der Waals surface area contributed by atoms with Gasteiger partial charge in [0.2, 0.25) is 0 Å². The van der Waals surface area contributed by atoms with Gasteiger partial charge in [-0.1, -0.05) is 6.07 Å². The van der Waals surface area contributed by atoms with Crippen molar-refractivity contribution in [3.63, 3.8) is 0 Å². The SMILES string of the molecule is O=C(NCc1cccs1)N1CCC[C@@H]1c1ccncc1. The van der Waals surface area contributed by atoms with Crippen molar-refractivity contribution in [3.8, 4) is 0 Å². The highest BCUT2D eigenvalue weighted by molar-refractivity contribution is 7.09. The van der Waals surface area contributed by atoms with Gasteiger partial charge < -0.3 is 10.2 Å². The second-order valence-corrected chi connectivity index (χ2v) is 5.90. The first-order chi connectivity index (χ1) is 9.84. The summed E-state index contributed by atoms with van der Waals surface area (Å²) in [6, 6.07) is 8.24. The third kappa shape index (κ3) is 2.82. The summed E-state index contributed by atoms with van der Waals surface area (Å²) in [7, 11) is 0. The molecule has 1 fully saturated rings. The Labute approximate surface area is 122 Å². The fourth-order valence-electron chi connectivity index (χ4n) is 2.62. The van der Waals surface area contributed by atoms with Crippen molar-refractivity contribution in [3.05, 3.63) is 52.5 Å². The molecule has 0 aromatic carbocycles. The van der Waals surface area contributed by atoms with Crippen molar-refractivity contribution >= 4 is 17.4 Å². The van der Waals surface area contributed by atoms with E-state index >= 15 is 0 Å². The molecule has 3 heterocycles. The fraction of sp³-hybridized carbons (Fsp3) is 0.333. The van der Waals surface area contributed by atoms with E-state index in [-0.39, 0.29) is 12.1 Å². The Hall–Kier alpha value is -1.88. The minimum absolute atomic E-state index is 0.0257. The summed E-state index contributed by atoms with van der Waals surface area (Å²) in [5.74, 6) is 0. The van der Waals surface area contributed by atoms with Crippen LogP contribution in [0.2, 0.25) is 0 Å². The lowest BCUT2D eigenvalue weighted by Crippen LogP contribution is -2.39. The van der Waals surface area contributed by atoms with Gasteiger partial charge in [0.15, 0.2) is 0 Å². The topological polar surface area (TPSA) is 45.2 Å². The van der Waals surface area contributed by atoms with E-state index in [9.17, 15) is 4.79 Å². The molecule has 20 heavy (non-hydrogen) atoms. The van der Waals surface area contributed by atoms with Crippen molar-refractivity contribution in [2.45, 2.75) is 25.4 Å². The van der Waals surface area contributed by atoms with E-state index < -0.39 is 0 Å². The third-order valence-corrected chi connectivity index (χ3v) is 4.47. The predicted molar refractivity (Wildman–Crippen MR) is 79.5 cm³/mol. The summed E-state index contributed by atoms with van der Waals surface area (Å²) in [5.41, 5.74) is 1.17. The molecular formula is C15H17N3OS. The van der Waals surface area contributed by atoms with Crippen molar-refractivity contribution in [1.82, 2.24) is 15.2 Å². The number of rotatable bonds is 3. The molecule has 1 atom stereocenters. The molecule has 0 aliphatic carbocycles. The van der Waals surface area contributed by atoms with Crippen LogP contribution in [0.15, 0.2) is 42.0 Å². The maximum atomic E-state index is 12.3. The van der Waals surface area contributed by atoms with Crippen molar-refractivity contribution in [2.24, 2.45) is 0 Å². The molecule has 1 N–H and O–H groups in total. The number of urea groups is 1. The minimum Gasteiger partial charge on any atom is -0.333 e. The highest BCUT2D eigenvalue weighted by Gasteiger charge is 2.29. The van der Waals surface area contributed by atoms with E-state index in [1.165, 1.54) is 10.4 Å². The molecule has 5 heteroatoms. The number of likely N-dealkylation sites (tertiary alicyclic amines) is 1. The number of carbonyl (C=O) groups excluding carboxylic acids is 1. The van der Waals surface area contributed by atoms with Gasteiger partial charge in [-0.2, -0.15) is 0 Å². The molecular weight excluding hydrogens is 270 g/mol. The zero-order chi connectivity index (χ0) is 13.8. The molecule has 1 aliphatic rings. The van der Waals surface area contributed by atoms with Gasteiger partial charge in [0.1, 0.15) is 0 Å². The maximum Gasteiger partial charge on any atom is 0.318 e. The van der Waals surface area contributed by atoms with E-state index in [1.54, 1.807) is 23.7 Å². The Balaban J connectivity index is 1.64. The zero-order valence-corrected chi connectivity index (χ0v) is 12.0. The number of amides is 2. The van der Waals surface area contributed by atoms with Crippen molar-refractivity contribution < 1.29 is 4.79 Å². The molecule has 0 spiro atoms. The molecule has 0 saturated carbocycles. The standard InChI is InChI=1S/C15H17N3OS/c19-15(17-11-13-3-2-10-20-13)18-9-1-4-14(18)12-5-7-16-8-6-12/h2-3,5-8,10,14H,1,4,9,11H2,(H,17,19)/t14-/m1/s1. The van der Waals surface area contributed by atoms with Crippen LogP contribution < -0.4 is 5.32 Å². The van der Waals surface area contributed by atoms with Crippen LogP contribution >= 0.6 is 11.3 Å². The molecule has 104 valence electrons. The summed E-state index contributed by atoms with van der Waals surface area (Å²) >= 11 is 1.66. The average molecular weight is 287 g/mol. The number of thiophene rings is 1. The van der Waals surface area contributed by atoms with E-state index in [2.05, 4.69) is 10.3 Å². The second kappa shape index (κ2) is 6.05. The lowest BCUT2D eigenvalue weighted by molar-refractivity contribution is 0.192. The van der Waals surface area contributed by atoms with E-state index in [4.69, 9.17) is 0 Å². The van der Waals surface area contributed by atoms with Gasteiger partial charge in [0, 0.05) is 23.8 Å². The minimum atomic E-state index is 0.0257. The summed E-state index contributed by atoms with van der Waals surface area (Å²) in [6.45, 7) is 1.43. The number of hydrogen-bond acceptors (Lipinski definition) is 3. The number of nitrogens with one attached hydrogen (secondary N) is 1. The molecule has 0 bridgehead atoms. The zero-order valence-electron chi connectivity index (χ0n) is 11.2. The number of carbonyl (C=O) groups is 1. The van der Waals surface area contributed by atoms with Gasteiger partial charge in [-0.3, -0.25) is 4.98 Å². The molecule has 3 rings (SSSR count). The first-order valence-corrected chi connectivity index (χ1v) is 7.69. The van der Waals surface area contributed by atoms with Crippen LogP contribution in [0, 0.1) is 0 Å². The summed E-state index contributed by atoms with van der Waals surface area (Å²) in [6.07, 6.45) is 5.65. The predicted octanol–water partition coefficient (Wildman–Crippen LogP) is 3.19. The van der Waals surface area contributed by atoms with Gasteiger partial charge >= 0.3 is 6.03 Å². The van der Waals surface area contributed by atoms with Gasteiger partial charge in [0.05, 0.1) is 12.6 Å². The quantitative estimate of drug-likeness (QED) is 0.942. The Morgan fingerprint density at radius 1 is 1.40 bits per heavy atom. The van der Waals surface area contributed by atoms with Gasteiger partial charge in [0.25, 0.3) is 0 Å². The van der Waals surface area contributed by atoms with Crippen molar-refractivity contribution in [1.29, 1.82) is 0 Å². The summed E-state index contributed by atoms with van der Waals surface area (Å²) in [5, 5.41) is 5.03. The Kier molecular flexibility index (Phi) is 3.97. The molecule has 2 aromatic heterocycles. The molecule has 1 saturated heterocycles. The number of aromatic nitrogens is 1. The maximum absolute atomic E-state index is 12.3. The lowest BCUT2D eigenvalue weighted by Gasteiger charge is -2.25. The summed E-state index contributed by atoms with van der Waals surface area (Å²) in [4.78, 5) is 19.5. The van der Waals surface area contributed by atoms with E-state index in [1.807, 2.05) is 34.5 Å². The Morgan fingerprint density at radius 2 is 2.25 bits per heavy atom. The second-order valence-electron chi connectivity index (χ2n) is 4.87. The number of nitrogens with zero attached hydrogens (tertiary/aromatic N) is 2. The van der Waals surface area contributed by atoms with Crippen LogP contribution in [0.3, 0.4) is 0 Å². The number of pyridine rings is 1. The fourth-order valence-corrected chi connectivity index (χ4v) is 3.26. The van der Waals surface area contributed by atoms with Gasteiger partial charge in [-0.25, -0.2) is 4.79 Å². The van der Waals surface area contributed by atoms with Crippen LogP contribution in [0.1, 0.15) is 29.3 Å². The van der Waals surface area contributed by atoms with Crippen LogP contribution in [-0.4, -0.2) is 22.5 Å². The first kappa shape index (κ1) is 13.1. The Morgan fingerprint density at radius 3 is 3.00 bits per heavy atom. The van der Waals surface area contributed by atoms with Crippen LogP contribution in [0.5, 0.6) is 0 Å². The molecule has 1 aliphatic heterocycles. The first-order valence-electron chi connectivity index (χ1n) is 6.81. The van der Waals surface area contributed by atoms with E-state index in [0.717, 1.165) is 19.4 Å². The Bertz CT molecular complexity index is 556. The molecule has 0 radical (unpaired) electrons. The normalized spacial score (nSPS) is 18.2. The lowest BCUT2D eigenvalue weighted by atomic mass is 10.1. The van der Waals surface area contributed by atoms with Crippen LogP contribution in [-0.2, 0) is 6.54 Å². The average Bonchev–Trinajstić information content (AvgIpc) is 3.17. The van der Waals surface area contributed by atoms with Crippen LogP contribution in [0.4, 0.5) is 4.79 Å². The monoisotopic (exact) mass is 287 g/mol. The van der Waals surface area contributed by atoms with Crippen molar-refractivity contribution in [2.75, 3.05) is 6.54 Å². The summed E-state index contributed by atoms with van der Waals surface area (Å²) < 4.78 is 0. The third-order valence-electron chi connectivity index (χ3n) is 3.60. The van der Waals surface area contributed by atoms with E-state index in [0.29, 0.717) is 6.54 Å². The smallest absolute Gasteiger partial charge is 0.318 e. The largest absolute Gasteiger partial charge is 0.333 e. The van der Waals surface area contributed by atoms with Gasteiger partial charge in [-0.05, 0) is 42.0 Å². The van der Waals surface area contributed by atoms with Gasteiger partial charge in [-0.15, -0.1) is 11.3 Å². The highest BCUT2D eigenvalue weighted by Crippen LogP contribution is 2.31. The van der Waals surface area contributed by atoms with Crippen LogP contribution in [0.25, 0.3) is 0 Å². The molecule has 0 unspecified atom stereocenters. The highest BCUT2D eigenvalue weighted by atomic mass is 32.1. The molecule has 2 amide bonds.